The Kier molecular flexibility index (Phi) is 8.96. The van der Waals surface area contributed by atoms with E-state index in [9.17, 15) is 13.2 Å². The zero-order valence-electron chi connectivity index (χ0n) is 22.0. The Morgan fingerprint density at radius 2 is 1.69 bits per heavy atom. The summed E-state index contributed by atoms with van der Waals surface area (Å²) in [4.78, 5) is 21.2. The van der Waals surface area contributed by atoms with Gasteiger partial charge in [0.05, 0.1) is 10.8 Å². The van der Waals surface area contributed by atoms with Gasteiger partial charge in [-0.05, 0) is 78.6 Å². The largest absolute Gasteiger partial charge is 0.399 e. The van der Waals surface area contributed by atoms with Gasteiger partial charge in [-0.2, -0.15) is 0 Å². The number of anilines is 2. The number of nitrogens with two attached hydrogens (primary N) is 1. The highest BCUT2D eigenvalue weighted by atomic mass is 32.2. The number of carbonyl (C=O) groups excluding carboxylic acids is 1. The molecule has 3 aromatic carbocycles. The summed E-state index contributed by atoms with van der Waals surface area (Å²) in [6.07, 6.45) is 2.44. The van der Waals surface area contributed by atoms with Gasteiger partial charge in [-0.3, -0.25) is 14.8 Å². The van der Waals surface area contributed by atoms with Gasteiger partial charge < -0.3 is 11.1 Å². The number of aryl methyl sites for hydroxylation is 1. The standard InChI is InChI=1S/C30H33N5O3S/c1-22-11-14-26(32-2)21-28(22)29(20-23-8-4-3-5-9-23)30(36)35(19-17-25-10-6-7-18-33-25)34-39(37,38)27-15-12-24(31)13-16-27/h3-16,18,21,29,32,34H,17,19-20,31H2,1-2H3/t29-/m0/s1. The molecule has 0 aliphatic heterocycles. The van der Waals surface area contributed by atoms with Crippen molar-refractivity contribution in [2.75, 3.05) is 24.6 Å². The Labute approximate surface area is 229 Å². The van der Waals surface area contributed by atoms with Gasteiger partial charge in [0, 0.05) is 43.3 Å². The molecule has 1 atom stereocenters. The summed E-state index contributed by atoms with van der Waals surface area (Å²) in [5.74, 6) is -0.997. The molecule has 4 N–H and O–H groups in total. The molecule has 8 nitrogen and oxygen atoms in total. The predicted octanol–water partition coefficient (Wildman–Crippen LogP) is 4.31. The van der Waals surface area contributed by atoms with Crippen LogP contribution in [-0.2, 0) is 27.7 Å². The van der Waals surface area contributed by atoms with E-state index in [1.54, 1.807) is 6.20 Å². The Hall–Kier alpha value is -4.21. The lowest BCUT2D eigenvalue weighted by molar-refractivity contribution is -0.134. The van der Waals surface area contributed by atoms with E-state index < -0.39 is 15.9 Å². The summed E-state index contributed by atoms with van der Waals surface area (Å²) in [6.45, 7) is 2.05. The molecule has 0 unspecified atom stereocenters. The molecule has 0 fully saturated rings. The first-order chi connectivity index (χ1) is 18.8. The van der Waals surface area contributed by atoms with Crippen LogP contribution in [0.3, 0.4) is 0 Å². The van der Waals surface area contributed by atoms with Crippen LogP contribution in [0.4, 0.5) is 11.4 Å². The number of nitrogens with one attached hydrogen (secondary N) is 2. The maximum atomic E-state index is 14.3. The number of hydrazine groups is 1. The number of nitrogens with zero attached hydrogens (tertiary/aromatic N) is 2. The summed E-state index contributed by atoms with van der Waals surface area (Å²) in [5, 5.41) is 4.35. The fraction of sp³-hybridized carbons (Fsp3) is 0.200. The number of amides is 1. The van der Waals surface area contributed by atoms with E-state index in [1.807, 2.05) is 80.7 Å². The molecule has 0 spiro atoms. The molecule has 4 rings (SSSR count). The van der Waals surface area contributed by atoms with Gasteiger partial charge in [-0.15, -0.1) is 4.83 Å². The Bertz CT molecular complexity index is 1500. The second kappa shape index (κ2) is 12.6. The number of carbonyl (C=O) groups is 1. The van der Waals surface area contributed by atoms with E-state index >= 15 is 0 Å². The molecule has 0 bridgehead atoms. The highest BCUT2D eigenvalue weighted by Crippen LogP contribution is 2.29. The molecule has 202 valence electrons. The number of hydrogen-bond donors (Lipinski definition) is 3. The summed E-state index contributed by atoms with van der Waals surface area (Å²) < 4.78 is 26.8. The average molecular weight is 544 g/mol. The van der Waals surface area contributed by atoms with Gasteiger partial charge in [0.15, 0.2) is 0 Å². The molecule has 1 aromatic heterocycles. The number of sulfonamides is 1. The first kappa shape index (κ1) is 27.8. The normalized spacial score (nSPS) is 12.1. The van der Waals surface area contributed by atoms with Crippen molar-refractivity contribution in [2.24, 2.45) is 0 Å². The molecule has 39 heavy (non-hydrogen) atoms. The predicted molar refractivity (Wildman–Crippen MR) is 154 cm³/mol. The highest BCUT2D eigenvalue weighted by Gasteiger charge is 2.31. The zero-order chi connectivity index (χ0) is 27.8. The second-order valence-electron chi connectivity index (χ2n) is 9.29. The number of aromatic nitrogens is 1. The zero-order valence-corrected chi connectivity index (χ0v) is 22.9. The molecule has 4 aromatic rings. The number of benzene rings is 3. The lowest BCUT2D eigenvalue weighted by atomic mass is 9.87. The monoisotopic (exact) mass is 543 g/mol. The molecule has 1 amide bonds. The second-order valence-corrected chi connectivity index (χ2v) is 10.9. The van der Waals surface area contributed by atoms with Crippen molar-refractivity contribution in [1.82, 2.24) is 14.8 Å². The van der Waals surface area contributed by atoms with E-state index in [1.165, 1.54) is 29.3 Å². The van der Waals surface area contributed by atoms with E-state index in [0.717, 1.165) is 28.1 Å². The molecule has 0 radical (unpaired) electrons. The third-order valence-electron chi connectivity index (χ3n) is 6.53. The molecular weight excluding hydrogens is 510 g/mol. The first-order valence-electron chi connectivity index (χ1n) is 12.7. The smallest absolute Gasteiger partial charge is 0.257 e. The van der Waals surface area contributed by atoms with Crippen molar-refractivity contribution in [3.05, 3.63) is 120 Å². The lowest BCUT2D eigenvalue weighted by Gasteiger charge is -2.29. The molecular formula is C30H33N5O3S. The average Bonchev–Trinajstić information content (AvgIpc) is 2.95. The summed E-state index contributed by atoms with van der Waals surface area (Å²) in [5.41, 5.74) is 10.5. The highest BCUT2D eigenvalue weighted by molar-refractivity contribution is 7.89. The Morgan fingerprint density at radius 3 is 2.36 bits per heavy atom. The van der Waals surface area contributed by atoms with Gasteiger partial charge in [-0.25, -0.2) is 8.42 Å². The van der Waals surface area contributed by atoms with Crippen LogP contribution in [0.15, 0.2) is 102 Å². The SMILES string of the molecule is CNc1ccc(C)c([C@H](Cc2ccccc2)C(=O)N(CCc2ccccn2)NS(=O)(=O)c2ccc(N)cc2)c1. The molecule has 0 aliphatic rings. The minimum Gasteiger partial charge on any atom is -0.399 e. The minimum atomic E-state index is -4.07. The van der Waals surface area contributed by atoms with Crippen LogP contribution in [0.5, 0.6) is 0 Å². The van der Waals surface area contributed by atoms with Crippen LogP contribution in [-0.4, -0.2) is 37.9 Å². The van der Waals surface area contributed by atoms with Crippen molar-refractivity contribution in [1.29, 1.82) is 0 Å². The summed E-state index contributed by atoms with van der Waals surface area (Å²) in [7, 11) is -2.25. The van der Waals surface area contributed by atoms with E-state index in [2.05, 4.69) is 15.1 Å². The maximum absolute atomic E-state index is 14.3. The maximum Gasteiger partial charge on any atom is 0.257 e. The Morgan fingerprint density at radius 1 is 0.974 bits per heavy atom. The number of hydrogen-bond acceptors (Lipinski definition) is 6. The third-order valence-corrected chi connectivity index (χ3v) is 7.88. The van der Waals surface area contributed by atoms with Crippen LogP contribution >= 0.6 is 0 Å². The summed E-state index contributed by atoms with van der Waals surface area (Å²) >= 11 is 0. The fourth-order valence-electron chi connectivity index (χ4n) is 4.36. The first-order valence-corrected chi connectivity index (χ1v) is 14.2. The lowest BCUT2D eigenvalue weighted by Crippen LogP contribution is -2.49. The number of pyridine rings is 1. The van der Waals surface area contributed by atoms with Crippen molar-refractivity contribution >= 4 is 27.3 Å². The van der Waals surface area contributed by atoms with Crippen molar-refractivity contribution in [3.8, 4) is 0 Å². The van der Waals surface area contributed by atoms with Crippen LogP contribution < -0.4 is 15.9 Å². The van der Waals surface area contributed by atoms with Crippen LogP contribution in [0.1, 0.15) is 28.3 Å². The summed E-state index contributed by atoms with van der Waals surface area (Å²) in [6, 6.07) is 26.9. The third kappa shape index (κ3) is 7.22. The minimum absolute atomic E-state index is 0.0142. The van der Waals surface area contributed by atoms with Crippen LogP contribution in [0.25, 0.3) is 0 Å². The van der Waals surface area contributed by atoms with Crippen LogP contribution in [0.2, 0.25) is 0 Å². The van der Waals surface area contributed by atoms with Gasteiger partial charge in [0.25, 0.3) is 10.0 Å². The van der Waals surface area contributed by atoms with E-state index in [-0.39, 0.29) is 17.3 Å². The molecule has 1 heterocycles. The van der Waals surface area contributed by atoms with Crippen molar-refractivity contribution in [2.45, 2.75) is 30.6 Å². The van der Waals surface area contributed by atoms with Gasteiger partial charge >= 0.3 is 0 Å². The van der Waals surface area contributed by atoms with Crippen LogP contribution in [0, 0.1) is 6.92 Å². The van der Waals surface area contributed by atoms with Crippen molar-refractivity contribution < 1.29 is 13.2 Å². The van der Waals surface area contributed by atoms with Crippen molar-refractivity contribution in [3.63, 3.8) is 0 Å². The van der Waals surface area contributed by atoms with Gasteiger partial charge in [-0.1, -0.05) is 42.5 Å². The van der Waals surface area contributed by atoms with Gasteiger partial charge in [0.1, 0.15) is 0 Å². The molecule has 0 saturated heterocycles. The van der Waals surface area contributed by atoms with E-state index in [0.29, 0.717) is 18.5 Å². The topological polar surface area (TPSA) is 117 Å². The van der Waals surface area contributed by atoms with E-state index in [4.69, 9.17) is 5.73 Å². The number of rotatable bonds is 11. The Balaban J connectivity index is 1.73. The number of nitrogen functional groups attached to an aromatic ring is 1. The molecule has 0 saturated carbocycles. The quantitative estimate of drug-likeness (QED) is 0.192. The molecule has 9 heteroatoms. The fourth-order valence-corrected chi connectivity index (χ4v) is 5.43. The van der Waals surface area contributed by atoms with Gasteiger partial charge in [0.2, 0.25) is 5.91 Å². The molecule has 0 aliphatic carbocycles.